The van der Waals surface area contributed by atoms with Crippen molar-refractivity contribution in [2.45, 2.75) is 0 Å². The Bertz CT molecular complexity index is 1130. The summed E-state index contributed by atoms with van der Waals surface area (Å²) >= 11 is 1.73. The summed E-state index contributed by atoms with van der Waals surface area (Å²) in [6.45, 7) is 0. The van der Waals surface area contributed by atoms with E-state index in [4.69, 9.17) is 9.47 Å². The van der Waals surface area contributed by atoms with Crippen LogP contribution in [0.5, 0.6) is 11.5 Å². The fourth-order valence-corrected chi connectivity index (χ4v) is 4.59. The lowest BCUT2D eigenvalue weighted by molar-refractivity contribution is 0.112. The highest BCUT2D eigenvalue weighted by Gasteiger charge is 2.19. The molecule has 1 aromatic heterocycles. The summed E-state index contributed by atoms with van der Waals surface area (Å²) in [6, 6.07) is 22.1. The molecule has 0 amide bonds. The summed E-state index contributed by atoms with van der Waals surface area (Å²) in [5, 5.41) is 1.16. The molecule has 4 rings (SSSR count). The van der Waals surface area contributed by atoms with E-state index in [1.54, 1.807) is 25.6 Å². The van der Waals surface area contributed by atoms with Crippen molar-refractivity contribution < 1.29 is 14.3 Å². The Balaban J connectivity index is 2.04. The number of para-hydroxylation sites is 1. The second-order valence-corrected chi connectivity index (χ2v) is 7.13. The molecule has 1 heterocycles. The molecular weight excluding hydrogens is 356 g/mol. The van der Waals surface area contributed by atoms with Crippen molar-refractivity contribution in [2.75, 3.05) is 14.2 Å². The maximum absolute atomic E-state index is 11.5. The zero-order valence-electron chi connectivity index (χ0n) is 15.1. The van der Waals surface area contributed by atoms with Gasteiger partial charge in [0.05, 0.1) is 19.8 Å². The standard InChI is InChI=1S/C23H18O3S/c1-25-19-12-11-15(13-16(19)14-24)22-18-8-4-6-10-21(18)27-23(22)17-7-3-5-9-20(17)26-2/h3-14H,1-2H3. The van der Waals surface area contributed by atoms with Gasteiger partial charge >= 0.3 is 0 Å². The average Bonchev–Trinajstić information content (AvgIpc) is 3.12. The van der Waals surface area contributed by atoms with Gasteiger partial charge in [0.15, 0.2) is 6.29 Å². The Morgan fingerprint density at radius 1 is 0.852 bits per heavy atom. The van der Waals surface area contributed by atoms with Gasteiger partial charge in [0.2, 0.25) is 0 Å². The Morgan fingerprint density at radius 2 is 1.59 bits per heavy atom. The first-order valence-corrected chi connectivity index (χ1v) is 9.37. The normalized spacial score (nSPS) is 10.7. The quantitative estimate of drug-likeness (QED) is 0.398. The highest BCUT2D eigenvalue weighted by atomic mass is 32.1. The Morgan fingerprint density at radius 3 is 2.37 bits per heavy atom. The maximum Gasteiger partial charge on any atom is 0.153 e. The summed E-state index contributed by atoms with van der Waals surface area (Å²) in [4.78, 5) is 12.7. The van der Waals surface area contributed by atoms with E-state index in [1.165, 1.54) is 4.70 Å². The molecule has 27 heavy (non-hydrogen) atoms. The van der Waals surface area contributed by atoms with Crippen molar-refractivity contribution in [3.8, 4) is 33.1 Å². The minimum Gasteiger partial charge on any atom is -0.496 e. The van der Waals surface area contributed by atoms with Crippen LogP contribution >= 0.6 is 11.3 Å². The summed E-state index contributed by atoms with van der Waals surface area (Å²) in [5.74, 6) is 1.40. The third-order valence-electron chi connectivity index (χ3n) is 4.59. The van der Waals surface area contributed by atoms with Crippen LogP contribution in [0.1, 0.15) is 10.4 Å². The van der Waals surface area contributed by atoms with Crippen molar-refractivity contribution in [1.29, 1.82) is 0 Å². The number of aldehydes is 1. The summed E-state index contributed by atoms with van der Waals surface area (Å²) < 4.78 is 12.1. The van der Waals surface area contributed by atoms with Crippen LogP contribution in [0.3, 0.4) is 0 Å². The van der Waals surface area contributed by atoms with Crippen molar-refractivity contribution in [3.63, 3.8) is 0 Å². The van der Waals surface area contributed by atoms with Gasteiger partial charge in [-0.3, -0.25) is 4.79 Å². The van der Waals surface area contributed by atoms with Crippen LogP contribution in [0.2, 0.25) is 0 Å². The molecule has 0 saturated carbocycles. The first-order chi connectivity index (χ1) is 13.3. The van der Waals surface area contributed by atoms with Gasteiger partial charge < -0.3 is 9.47 Å². The number of carbonyl (C=O) groups is 1. The smallest absolute Gasteiger partial charge is 0.153 e. The van der Waals surface area contributed by atoms with Crippen molar-refractivity contribution in [3.05, 3.63) is 72.3 Å². The van der Waals surface area contributed by atoms with Gasteiger partial charge in [0, 0.05) is 26.1 Å². The molecule has 3 aromatic carbocycles. The first-order valence-electron chi connectivity index (χ1n) is 8.55. The van der Waals surface area contributed by atoms with Gasteiger partial charge in [0.1, 0.15) is 11.5 Å². The van der Waals surface area contributed by atoms with E-state index in [2.05, 4.69) is 18.2 Å². The molecule has 0 unspecified atom stereocenters. The average molecular weight is 374 g/mol. The molecule has 0 bridgehead atoms. The molecule has 0 saturated heterocycles. The monoisotopic (exact) mass is 374 g/mol. The molecule has 0 spiro atoms. The Labute approximate surface area is 161 Å². The van der Waals surface area contributed by atoms with Crippen molar-refractivity contribution in [1.82, 2.24) is 0 Å². The molecule has 0 atom stereocenters. The Kier molecular flexibility index (Phi) is 4.65. The fraction of sp³-hybridized carbons (Fsp3) is 0.0870. The SMILES string of the molecule is COc1ccc(-c2c(-c3ccccc3OC)sc3ccccc23)cc1C=O. The van der Waals surface area contributed by atoms with Crippen LogP contribution in [0.25, 0.3) is 31.7 Å². The summed E-state index contributed by atoms with van der Waals surface area (Å²) in [7, 11) is 3.26. The lowest BCUT2D eigenvalue weighted by Crippen LogP contribution is -1.92. The van der Waals surface area contributed by atoms with Gasteiger partial charge in [-0.05, 0) is 35.9 Å². The molecular formula is C23H18O3S. The summed E-state index contributed by atoms with van der Waals surface area (Å²) in [5.41, 5.74) is 3.66. The molecule has 134 valence electrons. The largest absolute Gasteiger partial charge is 0.496 e. The zero-order valence-corrected chi connectivity index (χ0v) is 15.9. The van der Waals surface area contributed by atoms with Crippen LogP contribution in [0, 0.1) is 0 Å². The predicted molar refractivity (Wildman–Crippen MR) is 111 cm³/mol. The molecule has 0 aliphatic rings. The second kappa shape index (κ2) is 7.25. The van der Waals surface area contributed by atoms with Crippen molar-refractivity contribution >= 4 is 27.7 Å². The molecule has 0 N–H and O–H groups in total. The minimum atomic E-state index is 0.538. The fourth-order valence-electron chi connectivity index (χ4n) is 3.34. The minimum absolute atomic E-state index is 0.538. The first kappa shape index (κ1) is 17.3. The third kappa shape index (κ3) is 2.98. The van der Waals surface area contributed by atoms with E-state index >= 15 is 0 Å². The van der Waals surface area contributed by atoms with Crippen molar-refractivity contribution in [2.24, 2.45) is 0 Å². The van der Waals surface area contributed by atoms with Gasteiger partial charge in [-0.15, -0.1) is 11.3 Å². The van der Waals surface area contributed by atoms with Crippen LogP contribution in [0.15, 0.2) is 66.7 Å². The van der Waals surface area contributed by atoms with Crippen LogP contribution in [-0.4, -0.2) is 20.5 Å². The van der Waals surface area contributed by atoms with Gasteiger partial charge in [-0.1, -0.05) is 36.4 Å². The molecule has 4 heteroatoms. The number of carbonyl (C=O) groups excluding carboxylic acids is 1. The summed E-state index contributed by atoms with van der Waals surface area (Å²) in [6.07, 6.45) is 0.833. The van der Waals surface area contributed by atoms with Crippen LogP contribution in [0.4, 0.5) is 0 Å². The number of hydrogen-bond donors (Lipinski definition) is 0. The molecule has 0 aliphatic carbocycles. The van der Waals surface area contributed by atoms with Crippen LogP contribution in [-0.2, 0) is 0 Å². The number of fused-ring (bicyclic) bond motifs is 1. The van der Waals surface area contributed by atoms with Gasteiger partial charge in [-0.25, -0.2) is 0 Å². The van der Waals surface area contributed by atoms with Gasteiger partial charge in [0.25, 0.3) is 0 Å². The number of thiophene rings is 1. The van der Waals surface area contributed by atoms with E-state index in [-0.39, 0.29) is 0 Å². The van der Waals surface area contributed by atoms with Gasteiger partial charge in [-0.2, -0.15) is 0 Å². The van der Waals surface area contributed by atoms with Crippen LogP contribution < -0.4 is 9.47 Å². The Hall–Kier alpha value is -3.11. The highest BCUT2D eigenvalue weighted by Crippen LogP contribution is 2.47. The topological polar surface area (TPSA) is 35.5 Å². The molecule has 4 aromatic rings. The number of benzene rings is 3. The highest BCUT2D eigenvalue weighted by molar-refractivity contribution is 7.23. The molecule has 3 nitrogen and oxygen atoms in total. The molecule has 0 radical (unpaired) electrons. The lowest BCUT2D eigenvalue weighted by Gasteiger charge is -2.11. The predicted octanol–water partition coefficient (Wildman–Crippen LogP) is 6.07. The van der Waals surface area contributed by atoms with E-state index in [9.17, 15) is 4.79 Å². The number of hydrogen-bond acceptors (Lipinski definition) is 4. The van der Waals surface area contributed by atoms with E-state index < -0.39 is 0 Å². The number of rotatable bonds is 5. The van der Waals surface area contributed by atoms with E-state index in [0.29, 0.717) is 11.3 Å². The van der Waals surface area contributed by atoms with E-state index in [1.807, 2.05) is 48.5 Å². The van der Waals surface area contributed by atoms with E-state index in [0.717, 1.165) is 39.0 Å². The number of methoxy groups -OCH3 is 2. The maximum atomic E-state index is 11.5. The zero-order chi connectivity index (χ0) is 18.8. The third-order valence-corrected chi connectivity index (χ3v) is 5.80. The molecule has 0 fully saturated rings. The lowest BCUT2D eigenvalue weighted by atomic mass is 9.97. The second-order valence-electron chi connectivity index (χ2n) is 6.08. The molecule has 0 aliphatic heterocycles. The number of ether oxygens (including phenoxy) is 2.